The fourth-order valence-corrected chi connectivity index (χ4v) is 2.04. The van der Waals surface area contributed by atoms with E-state index in [0.29, 0.717) is 5.58 Å². The minimum atomic E-state index is -3.92. The summed E-state index contributed by atoms with van der Waals surface area (Å²) >= 11 is 0. The first-order chi connectivity index (χ1) is 11.3. The third kappa shape index (κ3) is 10.7. The Morgan fingerprint density at radius 1 is 1.21 bits per heavy atom. The van der Waals surface area contributed by atoms with Crippen LogP contribution in [0.25, 0.3) is 11.0 Å². The molecule has 0 saturated carbocycles. The van der Waals surface area contributed by atoms with Crippen LogP contribution in [0.15, 0.2) is 45.6 Å². The zero-order valence-corrected chi connectivity index (χ0v) is 14.4. The Bertz CT molecular complexity index is 723. The molecule has 0 radical (unpaired) electrons. The van der Waals surface area contributed by atoms with Crippen molar-refractivity contribution in [2.75, 3.05) is 19.8 Å². The Balaban J connectivity index is 0.000000400. The fourth-order valence-electron chi connectivity index (χ4n) is 1.50. The van der Waals surface area contributed by atoms with Gasteiger partial charge in [0.05, 0.1) is 12.8 Å². The molecule has 4 N–H and O–H groups in total. The lowest BCUT2D eigenvalue weighted by atomic mass is 10.2. The highest BCUT2D eigenvalue weighted by Crippen LogP contribution is 2.34. The van der Waals surface area contributed by atoms with E-state index in [2.05, 4.69) is 10.5 Å². The Morgan fingerprint density at radius 3 is 2.42 bits per heavy atom. The van der Waals surface area contributed by atoms with Gasteiger partial charge in [0, 0.05) is 18.4 Å². The zero-order chi connectivity index (χ0) is 18.6. The summed E-state index contributed by atoms with van der Waals surface area (Å²) in [6.45, 7) is 1.32. The van der Waals surface area contributed by atoms with Crippen LogP contribution >= 0.6 is 7.60 Å². The van der Waals surface area contributed by atoms with Crippen LogP contribution in [0.2, 0.25) is 0 Å². The van der Waals surface area contributed by atoms with E-state index in [4.69, 9.17) is 14.2 Å². The van der Waals surface area contributed by atoms with Gasteiger partial charge in [-0.25, -0.2) is 4.79 Å². The van der Waals surface area contributed by atoms with Crippen LogP contribution < -0.4 is 11.4 Å². The minimum Gasteiger partial charge on any atom is -0.466 e. The lowest BCUT2D eigenvalue weighted by Gasteiger charge is -2.02. The molecule has 0 aliphatic rings. The number of nitrogens with two attached hydrogens (primary N) is 1. The van der Waals surface area contributed by atoms with Crippen molar-refractivity contribution in [1.82, 2.24) is 0 Å². The van der Waals surface area contributed by atoms with Gasteiger partial charge in [0.1, 0.15) is 5.58 Å². The van der Waals surface area contributed by atoms with E-state index < -0.39 is 13.6 Å². The number of fused-ring (bicyclic) bond motifs is 1. The van der Waals surface area contributed by atoms with Gasteiger partial charge >= 0.3 is 19.2 Å². The number of hydrogen-bond acceptors (Lipinski definition) is 6. The maximum Gasteiger partial charge on any atom is 0.336 e. The first-order valence-electron chi connectivity index (χ1n) is 7.02. The predicted molar refractivity (Wildman–Crippen MR) is 90.8 cm³/mol. The van der Waals surface area contributed by atoms with Crippen molar-refractivity contribution >= 4 is 24.5 Å². The highest BCUT2D eigenvalue weighted by molar-refractivity contribution is 7.51. The normalized spacial score (nSPS) is 10.0. The molecule has 24 heavy (non-hydrogen) atoms. The van der Waals surface area contributed by atoms with Crippen molar-refractivity contribution in [3.05, 3.63) is 46.8 Å². The van der Waals surface area contributed by atoms with Crippen LogP contribution in [0.1, 0.15) is 13.3 Å². The van der Waals surface area contributed by atoms with Crippen LogP contribution in [0.5, 0.6) is 0 Å². The molecule has 8 nitrogen and oxygen atoms in total. The standard InChI is InChI=1S/C9H6O2.C5H11O5P.CH5N/c10-9-6-5-7-3-1-2-4-8(7)11-9;1-5(6)10-3-2-4-11(7,8)9;1-2/h1-6H;2-4H2,1H3,(H2,7,8,9);2H2,1H3. The third-order valence-electron chi connectivity index (χ3n) is 2.43. The molecule has 1 aromatic heterocycles. The second-order valence-electron chi connectivity index (χ2n) is 4.37. The summed E-state index contributed by atoms with van der Waals surface area (Å²) in [4.78, 5) is 37.6. The van der Waals surface area contributed by atoms with Gasteiger partial charge < -0.3 is 24.7 Å². The van der Waals surface area contributed by atoms with Gasteiger partial charge in [0.2, 0.25) is 0 Å². The number of benzene rings is 1. The van der Waals surface area contributed by atoms with Crippen molar-refractivity contribution in [3.63, 3.8) is 0 Å². The van der Waals surface area contributed by atoms with E-state index in [1.54, 1.807) is 12.1 Å². The summed E-state index contributed by atoms with van der Waals surface area (Å²) in [7, 11) is -2.42. The third-order valence-corrected chi connectivity index (χ3v) is 3.33. The Hall–Kier alpha value is -1.99. The first kappa shape index (κ1) is 22.0. The summed E-state index contributed by atoms with van der Waals surface area (Å²) < 4.78 is 19.6. The smallest absolute Gasteiger partial charge is 0.336 e. The van der Waals surface area contributed by atoms with E-state index in [1.165, 1.54) is 20.0 Å². The SMILES string of the molecule is CC(=O)OCCCP(=O)(O)O.CN.O=c1ccc2ccccc2o1. The molecule has 1 aromatic carbocycles. The molecule has 0 amide bonds. The van der Waals surface area contributed by atoms with Gasteiger partial charge in [-0.2, -0.15) is 0 Å². The Kier molecular flexibility index (Phi) is 10.6. The molecule has 0 aliphatic carbocycles. The Labute approximate surface area is 139 Å². The Morgan fingerprint density at radius 2 is 1.83 bits per heavy atom. The molecule has 0 fully saturated rings. The molecule has 0 bridgehead atoms. The summed E-state index contributed by atoms with van der Waals surface area (Å²) in [5, 5.41) is 0.951. The molecule has 0 saturated heterocycles. The van der Waals surface area contributed by atoms with E-state index in [9.17, 15) is 14.2 Å². The average Bonchev–Trinajstić information content (AvgIpc) is 2.53. The van der Waals surface area contributed by atoms with Gasteiger partial charge in [0.15, 0.2) is 0 Å². The quantitative estimate of drug-likeness (QED) is 0.323. The molecule has 0 aliphatic heterocycles. The highest BCUT2D eigenvalue weighted by Gasteiger charge is 2.11. The van der Waals surface area contributed by atoms with E-state index in [0.717, 1.165) is 5.39 Å². The number of carbonyl (C=O) groups is 1. The second-order valence-corrected chi connectivity index (χ2v) is 6.15. The number of hydrogen-bond donors (Lipinski definition) is 3. The number of rotatable bonds is 4. The van der Waals surface area contributed by atoms with Crippen molar-refractivity contribution in [2.45, 2.75) is 13.3 Å². The van der Waals surface area contributed by atoms with Gasteiger partial charge in [-0.1, -0.05) is 18.2 Å². The van der Waals surface area contributed by atoms with Crippen molar-refractivity contribution < 1.29 is 28.3 Å². The molecule has 2 aromatic rings. The van der Waals surface area contributed by atoms with Crippen molar-refractivity contribution in [1.29, 1.82) is 0 Å². The molecular weight excluding hydrogens is 337 g/mol. The summed E-state index contributed by atoms with van der Waals surface area (Å²) in [6.07, 6.45) is -0.0376. The molecule has 1 heterocycles. The number of esters is 1. The van der Waals surface area contributed by atoms with Crippen LogP contribution in [0.4, 0.5) is 0 Å². The molecule has 0 unspecified atom stereocenters. The predicted octanol–water partition coefficient (Wildman–Crippen LogP) is 1.49. The van der Waals surface area contributed by atoms with Crippen molar-refractivity contribution in [3.8, 4) is 0 Å². The maximum absolute atomic E-state index is 10.7. The monoisotopic (exact) mass is 359 g/mol. The second kappa shape index (κ2) is 11.5. The van der Waals surface area contributed by atoms with Crippen LogP contribution in [0.3, 0.4) is 0 Å². The molecule has 9 heteroatoms. The first-order valence-corrected chi connectivity index (χ1v) is 8.82. The van der Waals surface area contributed by atoms with Gasteiger partial charge in [0.25, 0.3) is 0 Å². The number of ether oxygens (including phenoxy) is 1. The minimum absolute atomic E-state index is 0.0699. The van der Waals surface area contributed by atoms with Crippen LogP contribution in [-0.2, 0) is 14.1 Å². The fraction of sp³-hybridized carbons (Fsp3) is 0.333. The molecular formula is C15H22NO7P. The molecule has 0 spiro atoms. The summed E-state index contributed by atoms with van der Waals surface area (Å²) in [5.74, 6) is -0.435. The number of para-hydroxylation sites is 1. The largest absolute Gasteiger partial charge is 0.466 e. The van der Waals surface area contributed by atoms with Gasteiger partial charge in [-0.05, 0) is 25.6 Å². The lowest BCUT2D eigenvalue weighted by molar-refractivity contribution is -0.140. The number of carbonyl (C=O) groups excluding carboxylic acids is 1. The van der Waals surface area contributed by atoms with Crippen LogP contribution in [-0.4, -0.2) is 35.6 Å². The maximum atomic E-state index is 10.7. The topological polar surface area (TPSA) is 140 Å². The van der Waals surface area contributed by atoms with Crippen LogP contribution in [0, 0.1) is 0 Å². The van der Waals surface area contributed by atoms with Crippen molar-refractivity contribution in [2.24, 2.45) is 5.73 Å². The zero-order valence-electron chi connectivity index (χ0n) is 13.5. The average molecular weight is 359 g/mol. The summed E-state index contributed by atoms with van der Waals surface area (Å²) in [6, 6.07) is 10.6. The summed E-state index contributed by atoms with van der Waals surface area (Å²) in [5.41, 5.74) is 4.84. The van der Waals surface area contributed by atoms with E-state index in [-0.39, 0.29) is 24.8 Å². The molecule has 134 valence electrons. The van der Waals surface area contributed by atoms with E-state index >= 15 is 0 Å². The van der Waals surface area contributed by atoms with Gasteiger partial charge in [-0.3, -0.25) is 9.36 Å². The molecule has 0 atom stereocenters. The molecule has 2 rings (SSSR count). The highest BCUT2D eigenvalue weighted by atomic mass is 31.2. The lowest BCUT2D eigenvalue weighted by Crippen LogP contribution is -2.02. The van der Waals surface area contributed by atoms with Gasteiger partial charge in [-0.15, -0.1) is 0 Å². The van der Waals surface area contributed by atoms with E-state index in [1.807, 2.05) is 18.2 Å².